The Morgan fingerprint density at radius 3 is 2.32 bits per heavy atom. The van der Waals surface area contributed by atoms with Crippen molar-refractivity contribution >= 4 is 16.6 Å². The SMILES string of the molecule is O=C(C[n+]1ccc2ccccc2c1)c1ccccc1. The van der Waals surface area contributed by atoms with Crippen molar-refractivity contribution in [3.8, 4) is 0 Å². The summed E-state index contributed by atoms with van der Waals surface area (Å²) in [5.74, 6) is 0.126. The van der Waals surface area contributed by atoms with Gasteiger partial charge in [-0.05, 0) is 11.5 Å². The van der Waals surface area contributed by atoms with Crippen molar-refractivity contribution in [2.75, 3.05) is 0 Å². The molecule has 2 heteroatoms. The Kier molecular flexibility index (Phi) is 3.07. The van der Waals surface area contributed by atoms with Crippen LogP contribution in [0.4, 0.5) is 0 Å². The largest absolute Gasteiger partial charge is 0.287 e. The van der Waals surface area contributed by atoms with Gasteiger partial charge in [0.1, 0.15) is 0 Å². The maximum atomic E-state index is 12.1. The molecule has 1 aromatic heterocycles. The summed E-state index contributed by atoms with van der Waals surface area (Å²) in [6, 6.07) is 19.6. The Labute approximate surface area is 111 Å². The molecule has 0 unspecified atom stereocenters. The minimum atomic E-state index is 0.126. The lowest BCUT2D eigenvalue weighted by atomic mass is 10.1. The van der Waals surface area contributed by atoms with Crippen LogP contribution in [0.2, 0.25) is 0 Å². The second-order valence-electron chi connectivity index (χ2n) is 4.54. The highest BCUT2D eigenvalue weighted by Crippen LogP contribution is 2.09. The zero-order valence-corrected chi connectivity index (χ0v) is 10.5. The lowest BCUT2D eigenvalue weighted by molar-refractivity contribution is -0.681. The average Bonchev–Trinajstić information content (AvgIpc) is 2.48. The third-order valence-electron chi connectivity index (χ3n) is 3.17. The summed E-state index contributed by atoms with van der Waals surface area (Å²) in [6.07, 6.45) is 3.96. The first-order valence-corrected chi connectivity index (χ1v) is 6.29. The Morgan fingerprint density at radius 1 is 0.842 bits per heavy atom. The molecule has 0 spiro atoms. The van der Waals surface area contributed by atoms with Crippen molar-refractivity contribution in [2.45, 2.75) is 6.54 Å². The maximum absolute atomic E-state index is 12.1. The molecular weight excluding hydrogens is 234 g/mol. The number of carbonyl (C=O) groups excluding carboxylic acids is 1. The first kappa shape index (κ1) is 11.6. The van der Waals surface area contributed by atoms with E-state index in [1.807, 2.05) is 65.5 Å². The van der Waals surface area contributed by atoms with Gasteiger partial charge < -0.3 is 0 Å². The van der Waals surface area contributed by atoms with Crippen LogP contribution in [0.25, 0.3) is 10.8 Å². The Morgan fingerprint density at radius 2 is 1.53 bits per heavy atom. The Bertz CT molecular complexity index is 719. The molecule has 3 rings (SSSR count). The summed E-state index contributed by atoms with van der Waals surface area (Å²) >= 11 is 0. The predicted octanol–water partition coefficient (Wildman–Crippen LogP) is 3.01. The third kappa shape index (κ3) is 2.52. The molecule has 0 radical (unpaired) electrons. The normalized spacial score (nSPS) is 10.5. The van der Waals surface area contributed by atoms with Crippen LogP contribution < -0.4 is 4.57 Å². The van der Waals surface area contributed by atoms with Crippen molar-refractivity contribution < 1.29 is 9.36 Å². The molecule has 0 saturated carbocycles. The second kappa shape index (κ2) is 5.02. The molecule has 1 heterocycles. The van der Waals surface area contributed by atoms with Crippen LogP contribution in [0, 0.1) is 0 Å². The summed E-state index contributed by atoms with van der Waals surface area (Å²) in [5.41, 5.74) is 0.753. The highest BCUT2D eigenvalue weighted by Gasteiger charge is 2.11. The molecule has 0 saturated heterocycles. The molecule has 2 aromatic carbocycles. The number of pyridine rings is 1. The van der Waals surface area contributed by atoms with Gasteiger partial charge >= 0.3 is 0 Å². The van der Waals surface area contributed by atoms with E-state index in [9.17, 15) is 4.79 Å². The van der Waals surface area contributed by atoms with Crippen molar-refractivity contribution in [1.82, 2.24) is 0 Å². The predicted molar refractivity (Wildman–Crippen MR) is 74.9 cm³/mol. The molecule has 0 atom stereocenters. The number of hydrogen-bond donors (Lipinski definition) is 0. The topological polar surface area (TPSA) is 20.9 Å². The van der Waals surface area contributed by atoms with Gasteiger partial charge in [-0.2, -0.15) is 4.57 Å². The molecule has 0 aliphatic heterocycles. The summed E-state index contributed by atoms with van der Waals surface area (Å²) in [4.78, 5) is 12.1. The van der Waals surface area contributed by atoms with Crippen LogP contribution in [0.5, 0.6) is 0 Å². The smallest absolute Gasteiger partial charge is 0.227 e. The zero-order valence-electron chi connectivity index (χ0n) is 10.5. The minimum absolute atomic E-state index is 0.126. The van der Waals surface area contributed by atoms with Gasteiger partial charge in [-0.1, -0.05) is 48.5 Å². The van der Waals surface area contributed by atoms with E-state index in [-0.39, 0.29) is 5.78 Å². The summed E-state index contributed by atoms with van der Waals surface area (Å²) < 4.78 is 1.93. The van der Waals surface area contributed by atoms with E-state index in [1.54, 1.807) is 0 Å². The number of fused-ring (bicyclic) bond motifs is 1. The van der Waals surface area contributed by atoms with E-state index in [0.717, 1.165) is 10.9 Å². The molecule has 0 amide bonds. The monoisotopic (exact) mass is 248 g/mol. The number of carbonyl (C=O) groups is 1. The van der Waals surface area contributed by atoms with Crippen LogP contribution in [0.15, 0.2) is 73.1 Å². The molecular formula is C17H14NO+. The molecule has 0 bridgehead atoms. The minimum Gasteiger partial charge on any atom is -0.287 e. The first-order valence-electron chi connectivity index (χ1n) is 6.29. The van der Waals surface area contributed by atoms with E-state index < -0.39 is 0 Å². The molecule has 0 N–H and O–H groups in total. The third-order valence-corrected chi connectivity index (χ3v) is 3.17. The number of nitrogens with zero attached hydrogens (tertiary/aromatic N) is 1. The van der Waals surface area contributed by atoms with E-state index >= 15 is 0 Å². The number of Topliss-reactive ketones (excluding diaryl/α,β-unsaturated/α-hetero) is 1. The van der Waals surface area contributed by atoms with E-state index in [2.05, 4.69) is 12.1 Å². The molecule has 0 fully saturated rings. The van der Waals surface area contributed by atoms with Crippen LogP contribution in [-0.2, 0) is 6.54 Å². The Hall–Kier alpha value is -2.48. The highest BCUT2D eigenvalue weighted by molar-refractivity contribution is 5.95. The summed E-state index contributed by atoms with van der Waals surface area (Å²) in [7, 11) is 0. The van der Waals surface area contributed by atoms with E-state index in [1.165, 1.54) is 5.39 Å². The lowest BCUT2D eigenvalue weighted by Crippen LogP contribution is -2.37. The average molecular weight is 248 g/mol. The van der Waals surface area contributed by atoms with Crippen molar-refractivity contribution in [2.24, 2.45) is 0 Å². The summed E-state index contributed by atoms with van der Waals surface area (Å²) in [5, 5.41) is 2.33. The summed E-state index contributed by atoms with van der Waals surface area (Å²) in [6.45, 7) is 0.370. The first-order chi connectivity index (χ1) is 9.33. The number of hydrogen-bond acceptors (Lipinski definition) is 1. The molecule has 0 aliphatic carbocycles. The molecule has 3 aromatic rings. The number of ketones is 1. The molecule has 92 valence electrons. The fourth-order valence-corrected chi connectivity index (χ4v) is 2.16. The van der Waals surface area contributed by atoms with Gasteiger partial charge in [-0.3, -0.25) is 4.79 Å². The molecule has 0 aliphatic rings. The van der Waals surface area contributed by atoms with Gasteiger partial charge in [0.2, 0.25) is 12.3 Å². The van der Waals surface area contributed by atoms with Crippen LogP contribution in [0.3, 0.4) is 0 Å². The van der Waals surface area contributed by atoms with E-state index in [0.29, 0.717) is 6.54 Å². The van der Waals surface area contributed by atoms with Gasteiger partial charge in [0.25, 0.3) is 0 Å². The highest BCUT2D eigenvalue weighted by atomic mass is 16.1. The number of benzene rings is 2. The fourth-order valence-electron chi connectivity index (χ4n) is 2.16. The molecule has 19 heavy (non-hydrogen) atoms. The van der Waals surface area contributed by atoms with Crippen LogP contribution in [0.1, 0.15) is 10.4 Å². The van der Waals surface area contributed by atoms with Crippen molar-refractivity contribution in [3.05, 3.63) is 78.6 Å². The standard InChI is InChI=1S/C17H14NO/c19-17(15-7-2-1-3-8-15)13-18-11-10-14-6-4-5-9-16(14)12-18/h1-12H,13H2/q+1. The Balaban J connectivity index is 1.87. The van der Waals surface area contributed by atoms with Crippen molar-refractivity contribution in [3.63, 3.8) is 0 Å². The second-order valence-corrected chi connectivity index (χ2v) is 4.54. The number of aromatic nitrogens is 1. The lowest BCUT2D eigenvalue weighted by Gasteiger charge is -1.99. The van der Waals surface area contributed by atoms with Gasteiger partial charge in [0, 0.05) is 17.0 Å². The van der Waals surface area contributed by atoms with Crippen LogP contribution >= 0.6 is 0 Å². The maximum Gasteiger partial charge on any atom is 0.227 e. The van der Waals surface area contributed by atoms with Gasteiger partial charge in [0.05, 0.1) is 0 Å². The quantitative estimate of drug-likeness (QED) is 0.515. The van der Waals surface area contributed by atoms with E-state index in [4.69, 9.17) is 0 Å². The molecule has 2 nitrogen and oxygen atoms in total. The number of rotatable bonds is 3. The van der Waals surface area contributed by atoms with Gasteiger partial charge in [-0.25, -0.2) is 0 Å². The van der Waals surface area contributed by atoms with Crippen molar-refractivity contribution in [1.29, 1.82) is 0 Å². The van der Waals surface area contributed by atoms with Gasteiger partial charge in [-0.15, -0.1) is 0 Å². The zero-order chi connectivity index (χ0) is 13.1. The fraction of sp³-hybridized carbons (Fsp3) is 0.0588. The van der Waals surface area contributed by atoms with Gasteiger partial charge in [0.15, 0.2) is 12.4 Å². The van der Waals surface area contributed by atoms with Crippen LogP contribution in [-0.4, -0.2) is 5.78 Å².